The first-order valence-corrected chi connectivity index (χ1v) is 10.5. The van der Waals surface area contributed by atoms with Crippen molar-refractivity contribution in [2.24, 2.45) is 5.92 Å². The molecule has 29 heavy (non-hydrogen) atoms. The summed E-state index contributed by atoms with van der Waals surface area (Å²) >= 11 is 0. The highest BCUT2D eigenvalue weighted by atomic mass is 15.1. The Balaban J connectivity index is 1.65. The Kier molecular flexibility index (Phi) is 4.75. The molecule has 0 bridgehead atoms. The van der Waals surface area contributed by atoms with Crippen LogP contribution in [0.15, 0.2) is 30.7 Å². The fourth-order valence-corrected chi connectivity index (χ4v) is 4.36. The molecule has 3 aromatic heterocycles. The summed E-state index contributed by atoms with van der Waals surface area (Å²) in [5.74, 6) is 3.13. The van der Waals surface area contributed by atoms with Gasteiger partial charge in [-0.25, -0.2) is 15.0 Å². The summed E-state index contributed by atoms with van der Waals surface area (Å²) in [5, 5.41) is 8.38. The van der Waals surface area contributed by atoms with Gasteiger partial charge in [0.05, 0.1) is 11.7 Å². The van der Waals surface area contributed by atoms with E-state index in [0.717, 1.165) is 41.8 Å². The zero-order valence-corrected chi connectivity index (χ0v) is 16.7. The molecule has 4 N–H and O–H groups in total. The number of nitrogens with zero attached hydrogens (tertiary/aromatic N) is 4. The van der Waals surface area contributed by atoms with Gasteiger partial charge in [-0.2, -0.15) is 0 Å². The molecule has 7 heteroatoms. The van der Waals surface area contributed by atoms with Gasteiger partial charge in [0.25, 0.3) is 0 Å². The fraction of sp³-hybridized carbons (Fsp3) is 0.455. The third kappa shape index (κ3) is 3.51. The summed E-state index contributed by atoms with van der Waals surface area (Å²) in [5.41, 5.74) is 8.94. The van der Waals surface area contributed by atoms with Crippen LogP contribution in [0.4, 0.5) is 11.6 Å². The number of piperidine rings is 1. The zero-order valence-electron chi connectivity index (χ0n) is 16.7. The molecule has 3 aromatic rings. The molecular formula is C22H27N7. The van der Waals surface area contributed by atoms with E-state index in [9.17, 15) is 0 Å². The second-order valence-corrected chi connectivity index (χ2v) is 8.34. The van der Waals surface area contributed by atoms with E-state index in [4.69, 9.17) is 15.7 Å². The Hall–Kier alpha value is -2.80. The highest BCUT2D eigenvalue weighted by Crippen LogP contribution is 2.41. The molecule has 0 unspecified atom stereocenters. The monoisotopic (exact) mass is 389 g/mol. The maximum atomic E-state index is 5.90. The summed E-state index contributed by atoms with van der Waals surface area (Å²) in [6, 6.07) is 4.10. The van der Waals surface area contributed by atoms with Gasteiger partial charge in [-0.3, -0.25) is 4.98 Å². The highest BCUT2D eigenvalue weighted by Gasteiger charge is 2.27. The minimum Gasteiger partial charge on any atom is -0.384 e. The van der Waals surface area contributed by atoms with Crippen LogP contribution in [0.1, 0.15) is 44.1 Å². The van der Waals surface area contributed by atoms with Crippen LogP contribution in [0.5, 0.6) is 0 Å². The predicted molar refractivity (Wildman–Crippen MR) is 116 cm³/mol. The van der Waals surface area contributed by atoms with Gasteiger partial charge in [0.2, 0.25) is 0 Å². The quantitative estimate of drug-likeness (QED) is 0.629. The van der Waals surface area contributed by atoms with Crippen LogP contribution in [0.3, 0.4) is 0 Å². The average Bonchev–Trinajstić information content (AvgIpc) is 2.68. The topological polar surface area (TPSA) is 102 Å². The van der Waals surface area contributed by atoms with Crippen molar-refractivity contribution < 1.29 is 0 Å². The molecule has 150 valence electrons. The van der Waals surface area contributed by atoms with Crippen molar-refractivity contribution in [2.45, 2.75) is 44.6 Å². The maximum Gasteiger partial charge on any atom is 0.162 e. The van der Waals surface area contributed by atoms with Crippen molar-refractivity contribution in [3.63, 3.8) is 0 Å². The first kappa shape index (κ1) is 18.2. The number of rotatable bonds is 4. The first-order valence-electron chi connectivity index (χ1n) is 10.5. The molecule has 5 rings (SSSR count). The van der Waals surface area contributed by atoms with Gasteiger partial charge in [-0.15, -0.1) is 0 Å². The second-order valence-electron chi connectivity index (χ2n) is 8.34. The van der Waals surface area contributed by atoms with E-state index in [1.54, 1.807) is 6.20 Å². The molecule has 1 saturated heterocycles. The van der Waals surface area contributed by atoms with Crippen molar-refractivity contribution in [1.82, 2.24) is 25.3 Å². The molecule has 1 saturated carbocycles. The largest absolute Gasteiger partial charge is 0.384 e. The predicted octanol–water partition coefficient (Wildman–Crippen LogP) is 3.35. The van der Waals surface area contributed by atoms with Crippen molar-refractivity contribution in [1.29, 1.82) is 0 Å². The van der Waals surface area contributed by atoms with Crippen LogP contribution >= 0.6 is 0 Å². The van der Waals surface area contributed by atoms with Crippen molar-refractivity contribution in [3.05, 3.63) is 36.3 Å². The summed E-state index contributed by atoms with van der Waals surface area (Å²) < 4.78 is 0. The van der Waals surface area contributed by atoms with E-state index in [1.165, 1.54) is 24.8 Å². The van der Waals surface area contributed by atoms with E-state index in [0.29, 0.717) is 29.5 Å². The van der Waals surface area contributed by atoms with Gasteiger partial charge in [-0.05, 0) is 61.9 Å². The smallest absolute Gasteiger partial charge is 0.162 e. The van der Waals surface area contributed by atoms with Crippen molar-refractivity contribution in [2.75, 3.05) is 24.1 Å². The van der Waals surface area contributed by atoms with E-state index in [-0.39, 0.29) is 0 Å². The van der Waals surface area contributed by atoms with Crippen LogP contribution in [0.25, 0.3) is 22.3 Å². The minimum atomic E-state index is 0.382. The van der Waals surface area contributed by atoms with Gasteiger partial charge in [0.15, 0.2) is 5.82 Å². The summed E-state index contributed by atoms with van der Waals surface area (Å²) in [4.78, 5) is 18.4. The number of hydrogen-bond acceptors (Lipinski definition) is 7. The molecule has 2 aliphatic rings. The summed E-state index contributed by atoms with van der Waals surface area (Å²) in [7, 11) is 0. The third-order valence-corrected chi connectivity index (χ3v) is 6.33. The number of nitrogens with two attached hydrogens (primary N) is 1. The van der Waals surface area contributed by atoms with Gasteiger partial charge in [-0.1, -0.05) is 13.3 Å². The highest BCUT2D eigenvalue weighted by molar-refractivity contribution is 5.93. The van der Waals surface area contributed by atoms with E-state index in [2.05, 4.69) is 27.5 Å². The third-order valence-electron chi connectivity index (χ3n) is 6.33. The zero-order chi connectivity index (χ0) is 19.8. The van der Waals surface area contributed by atoms with Crippen LogP contribution in [-0.4, -0.2) is 39.1 Å². The van der Waals surface area contributed by atoms with Gasteiger partial charge < -0.3 is 16.4 Å². The lowest BCUT2D eigenvalue weighted by Crippen LogP contribution is -2.42. The lowest BCUT2D eigenvalue weighted by atomic mass is 9.79. The molecule has 0 amide bonds. The molecule has 7 nitrogen and oxygen atoms in total. The van der Waals surface area contributed by atoms with E-state index < -0.39 is 0 Å². The normalized spacial score (nSPS) is 22.4. The van der Waals surface area contributed by atoms with Gasteiger partial charge >= 0.3 is 0 Å². The number of aromatic nitrogens is 4. The molecule has 0 spiro atoms. The van der Waals surface area contributed by atoms with Crippen molar-refractivity contribution >= 4 is 22.5 Å². The minimum absolute atomic E-state index is 0.382. The summed E-state index contributed by atoms with van der Waals surface area (Å²) in [6.07, 6.45) is 10.3. The molecule has 0 radical (unpaired) electrons. The van der Waals surface area contributed by atoms with Crippen LogP contribution in [0.2, 0.25) is 0 Å². The Morgan fingerprint density at radius 2 is 2.07 bits per heavy atom. The fourth-order valence-electron chi connectivity index (χ4n) is 4.36. The SMILES string of the molecule is C[C@@H]1CNCC[C@@H]1Nc1nc(-c2ccnc(N)c2)nc2cncc(C3CCC3)c12. The summed E-state index contributed by atoms with van der Waals surface area (Å²) in [6.45, 7) is 4.33. The Labute approximate surface area is 170 Å². The number of anilines is 2. The molecule has 4 heterocycles. The molecule has 2 fully saturated rings. The molecule has 2 atom stereocenters. The second kappa shape index (κ2) is 7.55. The van der Waals surface area contributed by atoms with Crippen molar-refractivity contribution in [3.8, 4) is 11.4 Å². The van der Waals surface area contributed by atoms with Crippen LogP contribution in [-0.2, 0) is 0 Å². The standard InChI is InChI=1S/C22H27N7/c1-13-10-24-7-6-17(13)27-22-20-16(14-3-2-4-14)11-25-12-18(20)28-21(29-22)15-5-8-26-19(23)9-15/h5,8-9,11-14,17,24H,2-4,6-7,10H2,1H3,(H2,23,26)(H,27,28,29)/t13-,17+/m1/s1. The first-order chi connectivity index (χ1) is 14.2. The molecular weight excluding hydrogens is 362 g/mol. The lowest BCUT2D eigenvalue weighted by molar-refractivity contribution is 0.368. The molecule has 1 aliphatic carbocycles. The van der Waals surface area contributed by atoms with Crippen LogP contribution < -0.4 is 16.4 Å². The number of hydrogen-bond donors (Lipinski definition) is 3. The van der Waals surface area contributed by atoms with Gasteiger partial charge in [0.1, 0.15) is 11.6 Å². The molecule has 1 aliphatic heterocycles. The Morgan fingerprint density at radius 1 is 1.17 bits per heavy atom. The Bertz CT molecular complexity index is 1030. The van der Waals surface area contributed by atoms with Crippen LogP contribution in [0, 0.1) is 5.92 Å². The Morgan fingerprint density at radius 3 is 2.83 bits per heavy atom. The van der Waals surface area contributed by atoms with E-state index in [1.807, 2.05) is 24.5 Å². The van der Waals surface area contributed by atoms with E-state index >= 15 is 0 Å². The lowest BCUT2D eigenvalue weighted by Gasteiger charge is -2.32. The number of nitrogens with one attached hydrogen (secondary N) is 2. The average molecular weight is 390 g/mol. The number of pyridine rings is 2. The number of nitrogen functional groups attached to an aromatic ring is 1. The number of fused-ring (bicyclic) bond motifs is 1. The maximum absolute atomic E-state index is 5.90. The van der Waals surface area contributed by atoms with Gasteiger partial charge in [0, 0.05) is 29.4 Å². The molecule has 0 aromatic carbocycles.